The SMILES string of the molecule is O=C(Nc1ccc2c(c1Cl)B(O)OC2)OC1CC1. The Balaban J connectivity index is 1.80. The minimum absolute atomic E-state index is 0.0344. The summed E-state index contributed by atoms with van der Waals surface area (Å²) < 4.78 is 10.1. The Morgan fingerprint density at radius 2 is 2.33 bits per heavy atom. The Kier molecular flexibility index (Phi) is 2.93. The lowest BCUT2D eigenvalue weighted by molar-refractivity contribution is 0.154. The number of rotatable bonds is 2. The minimum Gasteiger partial charge on any atom is -0.446 e. The Morgan fingerprint density at radius 1 is 1.56 bits per heavy atom. The van der Waals surface area contributed by atoms with Gasteiger partial charge in [-0.2, -0.15) is 0 Å². The van der Waals surface area contributed by atoms with Crippen molar-refractivity contribution in [3.05, 3.63) is 22.7 Å². The molecule has 1 fully saturated rings. The zero-order chi connectivity index (χ0) is 12.7. The lowest BCUT2D eigenvalue weighted by Crippen LogP contribution is -2.30. The van der Waals surface area contributed by atoms with Gasteiger partial charge in [0, 0.05) is 5.46 Å². The average molecular weight is 267 g/mol. The number of fused-ring (bicyclic) bond motifs is 1. The van der Waals surface area contributed by atoms with Gasteiger partial charge in [-0.05, 0) is 24.5 Å². The van der Waals surface area contributed by atoms with Crippen LogP contribution in [0.15, 0.2) is 12.1 Å². The minimum atomic E-state index is -1.03. The summed E-state index contributed by atoms with van der Waals surface area (Å²) in [6.07, 6.45) is 1.34. The summed E-state index contributed by atoms with van der Waals surface area (Å²) in [5, 5.41) is 12.5. The summed E-state index contributed by atoms with van der Waals surface area (Å²) in [6, 6.07) is 3.45. The third-order valence-corrected chi connectivity index (χ3v) is 3.36. The van der Waals surface area contributed by atoms with Crippen LogP contribution in [0.25, 0.3) is 0 Å². The fourth-order valence-corrected chi connectivity index (χ4v) is 2.18. The molecular weight excluding hydrogens is 256 g/mol. The highest BCUT2D eigenvalue weighted by Crippen LogP contribution is 2.27. The first kappa shape index (κ1) is 11.8. The second-order valence-electron chi connectivity index (χ2n) is 4.39. The molecule has 3 rings (SSSR count). The molecule has 2 aliphatic rings. The molecular formula is C11H11BClNO4. The number of benzene rings is 1. The van der Waals surface area contributed by atoms with Crippen LogP contribution < -0.4 is 10.8 Å². The van der Waals surface area contributed by atoms with Crippen molar-refractivity contribution in [3.8, 4) is 0 Å². The van der Waals surface area contributed by atoms with Gasteiger partial charge in [0.05, 0.1) is 17.3 Å². The van der Waals surface area contributed by atoms with Crippen LogP contribution >= 0.6 is 11.6 Å². The molecule has 0 saturated heterocycles. The van der Waals surface area contributed by atoms with E-state index in [0.717, 1.165) is 18.4 Å². The van der Waals surface area contributed by atoms with Gasteiger partial charge >= 0.3 is 13.2 Å². The number of nitrogens with one attached hydrogen (secondary N) is 1. The van der Waals surface area contributed by atoms with Gasteiger partial charge in [0.25, 0.3) is 0 Å². The van der Waals surface area contributed by atoms with Crippen molar-refractivity contribution >= 4 is 36.0 Å². The highest BCUT2D eigenvalue weighted by atomic mass is 35.5. The maximum Gasteiger partial charge on any atom is 0.493 e. The predicted octanol–water partition coefficient (Wildman–Crippen LogP) is 1.27. The van der Waals surface area contributed by atoms with Gasteiger partial charge in [-0.1, -0.05) is 17.7 Å². The standard InChI is InChI=1S/C11H11BClNO4/c13-10-8(14-11(15)18-7-2-3-7)4-1-6-5-17-12(16)9(6)10/h1,4,7,16H,2-3,5H2,(H,14,15). The molecule has 0 atom stereocenters. The zero-order valence-corrected chi connectivity index (χ0v) is 10.2. The fourth-order valence-electron chi connectivity index (χ4n) is 1.85. The molecule has 1 amide bonds. The number of carbonyl (C=O) groups is 1. The normalized spacial score (nSPS) is 17.6. The highest BCUT2D eigenvalue weighted by molar-refractivity contribution is 6.66. The first-order chi connectivity index (χ1) is 8.65. The fraction of sp³-hybridized carbons (Fsp3) is 0.364. The number of halogens is 1. The summed E-state index contributed by atoms with van der Waals surface area (Å²) in [6.45, 7) is 0.322. The van der Waals surface area contributed by atoms with E-state index < -0.39 is 13.2 Å². The van der Waals surface area contributed by atoms with E-state index in [9.17, 15) is 9.82 Å². The molecule has 2 N–H and O–H groups in total. The molecule has 7 heteroatoms. The first-order valence-corrected chi connectivity index (χ1v) is 6.11. The average Bonchev–Trinajstić information content (AvgIpc) is 3.05. The molecule has 1 aliphatic carbocycles. The second kappa shape index (κ2) is 4.46. The maximum atomic E-state index is 11.5. The van der Waals surface area contributed by atoms with Crippen LogP contribution in [0, 0.1) is 0 Å². The van der Waals surface area contributed by atoms with Gasteiger partial charge < -0.3 is 14.4 Å². The zero-order valence-electron chi connectivity index (χ0n) is 9.48. The van der Waals surface area contributed by atoms with Crippen LogP contribution in [0.2, 0.25) is 5.02 Å². The van der Waals surface area contributed by atoms with Gasteiger partial charge in [0.2, 0.25) is 0 Å². The van der Waals surface area contributed by atoms with Gasteiger partial charge in [-0.15, -0.1) is 0 Å². The van der Waals surface area contributed by atoms with Crippen LogP contribution in [0.1, 0.15) is 18.4 Å². The van der Waals surface area contributed by atoms with Crippen LogP contribution in [0.3, 0.4) is 0 Å². The Labute approximate surface area is 109 Å². The van der Waals surface area contributed by atoms with Gasteiger partial charge in [-0.25, -0.2) is 4.79 Å². The molecule has 0 unspecified atom stereocenters. The van der Waals surface area contributed by atoms with Crippen molar-refractivity contribution in [2.24, 2.45) is 0 Å². The predicted molar refractivity (Wildman–Crippen MR) is 67.0 cm³/mol. The monoisotopic (exact) mass is 267 g/mol. The van der Waals surface area contributed by atoms with Crippen molar-refractivity contribution in [1.29, 1.82) is 0 Å². The van der Waals surface area contributed by atoms with E-state index in [4.69, 9.17) is 21.0 Å². The van der Waals surface area contributed by atoms with Gasteiger partial charge in [0.1, 0.15) is 6.10 Å². The van der Waals surface area contributed by atoms with E-state index in [0.29, 0.717) is 22.8 Å². The highest BCUT2D eigenvalue weighted by Gasteiger charge is 2.32. The number of ether oxygens (including phenoxy) is 1. The molecule has 0 bridgehead atoms. The van der Waals surface area contributed by atoms with E-state index >= 15 is 0 Å². The molecule has 1 heterocycles. The summed E-state index contributed by atoms with van der Waals surface area (Å²) in [7, 11) is -1.03. The summed E-state index contributed by atoms with van der Waals surface area (Å²) in [5.41, 5.74) is 1.76. The molecule has 0 radical (unpaired) electrons. The number of hydrogen-bond donors (Lipinski definition) is 2. The van der Waals surface area contributed by atoms with Crippen molar-refractivity contribution < 1.29 is 19.2 Å². The molecule has 1 aliphatic heterocycles. The largest absolute Gasteiger partial charge is 0.493 e. The summed E-state index contributed by atoms with van der Waals surface area (Å²) in [4.78, 5) is 11.5. The third kappa shape index (κ3) is 2.19. The summed E-state index contributed by atoms with van der Waals surface area (Å²) >= 11 is 6.14. The molecule has 0 aromatic heterocycles. The Hall–Kier alpha value is -1.24. The third-order valence-electron chi connectivity index (χ3n) is 2.95. The van der Waals surface area contributed by atoms with Crippen LogP contribution in [0.5, 0.6) is 0 Å². The Bertz CT molecular complexity index is 506. The lowest BCUT2D eigenvalue weighted by Gasteiger charge is -2.10. The van der Waals surface area contributed by atoms with Crippen LogP contribution in [0.4, 0.5) is 10.5 Å². The first-order valence-electron chi connectivity index (χ1n) is 5.73. The van der Waals surface area contributed by atoms with E-state index in [1.807, 2.05) is 0 Å². The summed E-state index contributed by atoms with van der Waals surface area (Å²) in [5.74, 6) is 0. The van der Waals surface area contributed by atoms with Gasteiger partial charge in [-0.3, -0.25) is 5.32 Å². The van der Waals surface area contributed by atoms with E-state index in [1.54, 1.807) is 12.1 Å². The molecule has 1 saturated carbocycles. The van der Waals surface area contributed by atoms with E-state index in [1.165, 1.54) is 0 Å². The van der Waals surface area contributed by atoms with Crippen LogP contribution in [-0.4, -0.2) is 24.3 Å². The van der Waals surface area contributed by atoms with E-state index in [-0.39, 0.29) is 6.10 Å². The van der Waals surface area contributed by atoms with E-state index in [2.05, 4.69) is 5.32 Å². The molecule has 5 nitrogen and oxygen atoms in total. The number of amides is 1. The van der Waals surface area contributed by atoms with Crippen molar-refractivity contribution in [2.45, 2.75) is 25.6 Å². The number of carbonyl (C=O) groups excluding carboxylic acids is 1. The number of hydrogen-bond acceptors (Lipinski definition) is 4. The molecule has 1 aromatic rings. The second-order valence-corrected chi connectivity index (χ2v) is 4.77. The molecule has 18 heavy (non-hydrogen) atoms. The lowest BCUT2D eigenvalue weighted by atomic mass is 9.79. The molecule has 94 valence electrons. The van der Waals surface area contributed by atoms with Crippen molar-refractivity contribution in [2.75, 3.05) is 5.32 Å². The van der Waals surface area contributed by atoms with Crippen LogP contribution in [-0.2, 0) is 16.0 Å². The van der Waals surface area contributed by atoms with Gasteiger partial charge in [0.15, 0.2) is 0 Å². The topological polar surface area (TPSA) is 67.8 Å². The molecule has 0 spiro atoms. The molecule has 1 aromatic carbocycles. The van der Waals surface area contributed by atoms with Crippen molar-refractivity contribution in [3.63, 3.8) is 0 Å². The smallest absolute Gasteiger partial charge is 0.446 e. The Morgan fingerprint density at radius 3 is 3.06 bits per heavy atom. The maximum absolute atomic E-state index is 11.5. The van der Waals surface area contributed by atoms with Crippen molar-refractivity contribution in [1.82, 2.24) is 0 Å². The number of anilines is 1. The quantitative estimate of drug-likeness (QED) is 0.792.